The highest BCUT2D eigenvalue weighted by atomic mass is 16.5. The fourth-order valence-electron chi connectivity index (χ4n) is 3.42. The monoisotopic (exact) mass is 410 g/mol. The quantitative estimate of drug-likeness (QED) is 0.280. The number of rotatable bonds is 10. The second-order valence-electron chi connectivity index (χ2n) is 7.03. The molecule has 0 saturated heterocycles. The van der Waals surface area contributed by atoms with Crippen LogP contribution in [0.5, 0.6) is 11.5 Å². The lowest BCUT2D eigenvalue weighted by molar-refractivity contribution is 0.0767. The number of ether oxygens (including phenoxy) is 3. The van der Waals surface area contributed by atoms with Crippen molar-refractivity contribution in [2.45, 2.75) is 0 Å². The smallest absolute Gasteiger partial charge is 0.127 e. The molecule has 0 spiro atoms. The zero-order chi connectivity index (χ0) is 21.1. The van der Waals surface area contributed by atoms with Crippen LogP contribution in [0.3, 0.4) is 0 Å². The van der Waals surface area contributed by atoms with Crippen molar-refractivity contribution < 1.29 is 14.2 Å². The van der Waals surface area contributed by atoms with E-state index < -0.39 is 0 Å². The van der Waals surface area contributed by atoms with Crippen LogP contribution < -0.4 is 9.47 Å². The molecule has 0 amide bonds. The van der Waals surface area contributed by atoms with E-state index in [2.05, 4.69) is 36.4 Å². The predicted molar refractivity (Wildman–Crippen MR) is 126 cm³/mol. The van der Waals surface area contributed by atoms with E-state index in [-0.39, 0.29) is 0 Å². The van der Waals surface area contributed by atoms with Crippen LogP contribution in [0.1, 0.15) is 0 Å². The number of benzene rings is 4. The summed E-state index contributed by atoms with van der Waals surface area (Å²) < 4.78 is 17.7. The zero-order valence-electron chi connectivity index (χ0n) is 17.4. The van der Waals surface area contributed by atoms with E-state index in [0.717, 1.165) is 33.8 Å². The van der Waals surface area contributed by atoms with E-state index in [1.165, 1.54) is 0 Å². The molecule has 0 aliphatic rings. The molecular weight excluding hydrogens is 384 g/mol. The number of hydrogen-bond acceptors (Lipinski definition) is 3. The van der Waals surface area contributed by atoms with Crippen LogP contribution in [0, 0.1) is 0 Å². The Morgan fingerprint density at radius 3 is 1.23 bits per heavy atom. The van der Waals surface area contributed by atoms with Gasteiger partial charge in [0.05, 0.1) is 13.2 Å². The Kier molecular flexibility index (Phi) is 7.35. The van der Waals surface area contributed by atoms with E-state index in [9.17, 15) is 0 Å². The van der Waals surface area contributed by atoms with Gasteiger partial charge in [-0.15, -0.1) is 0 Å². The molecule has 3 heteroatoms. The minimum atomic E-state index is 0.491. The number of para-hydroxylation sites is 2. The molecule has 0 bridgehead atoms. The molecule has 0 N–H and O–H groups in total. The lowest BCUT2D eigenvalue weighted by Crippen LogP contribution is -2.12. The van der Waals surface area contributed by atoms with Gasteiger partial charge in [-0.1, -0.05) is 97.1 Å². The maximum absolute atomic E-state index is 5.97. The fourth-order valence-corrected chi connectivity index (χ4v) is 3.42. The lowest BCUT2D eigenvalue weighted by atomic mass is 10.1. The normalized spacial score (nSPS) is 10.6. The van der Waals surface area contributed by atoms with Crippen LogP contribution in [0.4, 0.5) is 0 Å². The predicted octanol–water partition coefficient (Wildman–Crippen LogP) is 6.50. The molecule has 4 aromatic carbocycles. The highest BCUT2D eigenvalue weighted by Crippen LogP contribution is 2.30. The Hall–Kier alpha value is -3.56. The first kappa shape index (κ1) is 20.7. The van der Waals surface area contributed by atoms with Gasteiger partial charge in [-0.3, -0.25) is 0 Å². The molecular formula is C28H26O3. The van der Waals surface area contributed by atoms with Crippen LogP contribution in [-0.2, 0) is 4.74 Å². The van der Waals surface area contributed by atoms with Gasteiger partial charge in [0, 0.05) is 11.1 Å². The zero-order valence-corrected chi connectivity index (χ0v) is 17.4. The molecule has 3 nitrogen and oxygen atoms in total. The highest BCUT2D eigenvalue weighted by molar-refractivity contribution is 5.71. The molecule has 0 aliphatic heterocycles. The van der Waals surface area contributed by atoms with Crippen molar-refractivity contribution in [1.82, 2.24) is 0 Å². The van der Waals surface area contributed by atoms with Crippen LogP contribution in [0.2, 0.25) is 0 Å². The van der Waals surface area contributed by atoms with Crippen LogP contribution in [0.25, 0.3) is 22.3 Å². The van der Waals surface area contributed by atoms with Gasteiger partial charge in [-0.2, -0.15) is 0 Å². The van der Waals surface area contributed by atoms with Crippen molar-refractivity contribution in [3.8, 4) is 33.8 Å². The van der Waals surface area contributed by atoms with Gasteiger partial charge in [0.1, 0.15) is 24.7 Å². The molecule has 0 atom stereocenters. The third-order valence-corrected chi connectivity index (χ3v) is 4.91. The van der Waals surface area contributed by atoms with Gasteiger partial charge in [0.25, 0.3) is 0 Å². The highest BCUT2D eigenvalue weighted by Gasteiger charge is 2.06. The van der Waals surface area contributed by atoms with Crippen LogP contribution in [-0.4, -0.2) is 26.4 Å². The summed E-state index contributed by atoms with van der Waals surface area (Å²) in [5.41, 5.74) is 4.46. The summed E-state index contributed by atoms with van der Waals surface area (Å²) >= 11 is 0. The summed E-state index contributed by atoms with van der Waals surface area (Å²) in [7, 11) is 0. The lowest BCUT2D eigenvalue weighted by Gasteiger charge is -2.13. The second kappa shape index (κ2) is 11.0. The Balaban J connectivity index is 1.22. The summed E-state index contributed by atoms with van der Waals surface area (Å²) in [6.07, 6.45) is 0. The molecule has 0 aliphatic carbocycles. The van der Waals surface area contributed by atoms with E-state index in [4.69, 9.17) is 14.2 Å². The van der Waals surface area contributed by atoms with Gasteiger partial charge in [-0.25, -0.2) is 0 Å². The van der Waals surface area contributed by atoms with E-state index in [1.54, 1.807) is 0 Å². The molecule has 0 radical (unpaired) electrons. The largest absolute Gasteiger partial charge is 0.491 e. The topological polar surface area (TPSA) is 27.7 Å². The molecule has 0 fully saturated rings. The SMILES string of the molecule is c1ccc(-c2ccccc2OCCOCCOc2ccccc2-c2ccccc2)cc1. The van der Waals surface area contributed by atoms with Gasteiger partial charge in [0.2, 0.25) is 0 Å². The summed E-state index contributed by atoms with van der Waals surface area (Å²) in [5, 5.41) is 0. The second-order valence-corrected chi connectivity index (χ2v) is 7.03. The molecule has 4 aromatic rings. The Morgan fingerprint density at radius 1 is 0.387 bits per heavy atom. The molecule has 4 rings (SSSR count). The van der Waals surface area contributed by atoms with Gasteiger partial charge >= 0.3 is 0 Å². The van der Waals surface area contributed by atoms with Gasteiger partial charge in [-0.05, 0) is 23.3 Å². The Bertz CT molecular complexity index is 975. The van der Waals surface area contributed by atoms with Gasteiger partial charge in [0.15, 0.2) is 0 Å². The third-order valence-electron chi connectivity index (χ3n) is 4.91. The van der Waals surface area contributed by atoms with E-state index in [1.807, 2.05) is 72.8 Å². The molecule has 0 aromatic heterocycles. The standard InChI is InChI=1S/C28H26O3/c1-3-11-23(12-4-1)25-15-7-9-17-27(25)30-21-19-29-20-22-31-28-18-10-8-16-26(28)24-13-5-2-6-14-24/h1-18H,19-22H2. The van der Waals surface area contributed by atoms with E-state index >= 15 is 0 Å². The maximum atomic E-state index is 5.97. The Labute approximate surface area is 183 Å². The minimum absolute atomic E-state index is 0.491. The fraction of sp³-hybridized carbons (Fsp3) is 0.143. The van der Waals surface area contributed by atoms with Crippen molar-refractivity contribution >= 4 is 0 Å². The average molecular weight is 411 g/mol. The Morgan fingerprint density at radius 2 is 0.774 bits per heavy atom. The summed E-state index contributed by atoms with van der Waals surface area (Å²) in [4.78, 5) is 0. The first-order chi connectivity index (χ1) is 15.4. The van der Waals surface area contributed by atoms with Crippen molar-refractivity contribution in [2.75, 3.05) is 26.4 Å². The molecule has 31 heavy (non-hydrogen) atoms. The molecule has 156 valence electrons. The van der Waals surface area contributed by atoms with E-state index in [0.29, 0.717) is 26.4 Å². The van der Waals surface area contributed by atoms with Crippen molar-refractivity contribution in [1.29, 1.82) is 0 Å². The summed E-state index contributed by atoms with van der Waals surface area (Å²) in [6, 6.07) is 36.7. The van der Waals surface area contributed by atoms with Crippen LogP contribution >= 0.6 is 0 Å². The molecule has 0 heterocycles. The molecule has 0 unspecified atom stereocenters. The number of hydrogen-bond donors (Lipinski definition) is 0. The van der Waals surface area contributed by atoms with Crippen molar-refractivity contribution in [2.24, 2.45) is 0 Å². The minimum Gasteiger partial charge on any atom is -0.491 e. The van der Waals surface area contributed by atoms with Gasteiger partial charge < -0.3 is 14.2 Å². The maximum Gasteiger partial charge on any atom is 0.127 e. The first-order valence-corrected chi connectivity index (χ1v) is 10.5. The average Bonchev–Trinajstić information content (AvgIpc) is 2.85. The summed E-state index contributed by atoms with van der Waals surface area (Å²) in [5.74, 6) is 1.73. The van der Waals surface area contributed by atoms with Crippen LogP contribution in [0.15, 0.2) is 109 Å². The first-order valence-electron chi connectivity index (χ1n) is 10.5. The molecule has 0 saturated carbocycles. The van der Waals surface area contributed by atoms with Crippen molar-refractivity contribution in [3.05, 3.63) is 109 Å². The van der Waals surface area contributed by atoms with Crippen molar-refractivity contribution in [3.63, 3.8) is 0 Å². The third kappa shape index (κ3) is 5.74. The summed E-state index contributed by atoms with van der Waals surface area (Å²) in [6.45, 7) is 1.99.